The van der Waals surface area contributed by atoms with E-state index in [4.69, 9.17) is 0 Å². The highest BCUT2D eigenvalue weighted by Crippen LogP contribution is 2.37. The Morgan fingerprint density at radius 2 is 2.04 bits per heavy atom. The van der Waals surface area contributed by atoms with Crippen molar-refractivity contribution in [3.8, 4) is 22.0 Å². The molecule has 3 heterocycles. The number of aromatic nitrogens is 2. The third-order valence-electron chi connectivity index (χ3n) is 4.27. The first-order valence-electron chi connectivity index (χ1n) is 7.93. The molecule has 0 radical (unpaired) electrons. The molecule has 2 aromatic heterocycles. The van der Waals surface area contributed by atoms with Crippen molar-refractivity contribution in [2.45, 2.75) is 19.4 Å². The molecule has 0 fully saturated rings. The largest absolute Gasteiger partial charge is 0.267 e. The summed E-state index contributed by atoms with van der Waals surface area (Å²) in [7, 11) is -3.26. The minimum absolute atomic E-state index is 0.0558. The minimum atomic E-state index is -3.26. The van der Waals surface area contributed by atoms with Crippen molar-refractivity contribution >= 4 is 27.0 Å². The zero-order chi connectivity index (χ0) is 17.6. The van der Waals surface area contributed by atoms with E-state index >= 15 is 0 Å². The molecule has 1 atom stereocenters. The van der Waals surface area contributed by atoms with Gasteiger partial charge < -0.3 is 0 Å². The fourth-order valence-electron chi connectivity index (χ4n) is 3.28. The lowest BCUT2D eigenvalue weighted by molar-refractivity contribution is 0.590. The SMILES string of the molecule is CC1Cc2cc(-c3csc(-c4ccccn4)n3)ccc2N1S(C)(=O)=O. The topological polar surface area (TPSA) is 63.2 Å². The van der Waals surface area contributed by atoms with E-state index in [1.54, 1.807) is 17.5 Å². The average molecular weight is 371 g/mol. The maximum Gasteiger partial charge on any atom is 0.232 e. The number of pyridine rings is 1. The highest BCUT2D eigenvalue weighted by molar-refractivity contribution is 7.92. The lowest BCUT2D eigenvalue weighted by Crippen LogP contribution is -2.34. The first-order chi connectivity index (χ1) is 11.9. The van der Waals surface area contributed by atoms with Crippen LogP contribution < -0.4 is 4.31 Å². The van der Waals surface area contributed by atoms with Crippen LogP contribution in [0.2, 0.25) is 0 Å². The van der Waals surface area contributed by atoms with Crippen molar-refractivity contribution in [3.63, 3.8) is 0 Å². The summed E-state index contributed by atoms with van der Waals surface area (Å²) in [4.78, 5) is 9.02. The van der Waals surface area contributed by atoms with E-state index in [1.807, 2.05) is 48.7 Å². The van der Waals surface area contributed by atoms with Gasteiger partial charge in [0.05, 0.1) is 23.3 Å². The Balaban J connectivity index is 1.71. The molecule has 25 heavy (non-hydrogen) atoms. The molecule has 4 rings (SSSR count). The monoisotopic (exact) mass is 371 g/mol. The highest BCUT2D eigenvalue weighted by atomic mass is 32.2. The van der Waals surface area contributed by atoms with Gasteiger partial charge in [0.1, 0.15) is 5.01 Å². The van der Waals surface area contributed by atoms with Gasteiger partial charge in [0, 0.05) is 23.2 Å². The molecule has 1 unspecified atom stereocenters. The van der Waals surface area contributed by atoms with Crippen LogP contribution in [-0.4, -0.2) is 30.7 Å². The molecular weight excluding hydrogens is 354 g/mol. The predicted molar refractivity (Wildman–Crippen MR) is 101 cm³/mol. The summed E-state index contributed by atoms with van der Waals surface area (Å²) in [6, 6.07) is 11.6. The third-order valence-corrected chi connectivity index (χ3v) is 6.41. The van der Waals surface area contributed by atoms with Gasteiger partial charge in [0.25, 0.3) is 0 Å². The Bertz CT molecular complexity index is 1030. The van der Waals surface area contributed by atoms with Crippen LogP contribution in [0, 0.1) is 0 Å². The summed E-state index contributed by atoms with van der Waals surface area (Å²) in [6.07, 6.45) is 3.73. The fourth-order valence-corrected chi connectivity index (χ4v) is 5.35. The summed E-state index contributed by atoms with van der Waals surface area (Å²) in [5.41, 5.74) is 4.57. The van der Waals surface area contributed by atoms with Gasteiger partial charge in [-0.25, -0.2) is 13.4 Å². The van der Waals surface area contributed by atoms with E-state index in [0.29, 0.717) is 6.42 Å². The van der Waals surface area contributed by atoms with Crippen LogP contribution in [0.3, 0.4) is 0 Å². The van der Waals surface area contributed by atoms with Gasteiger partial charge in [-0.15, -0.1) is 11.3 Å². The Kier molecular flexibility index (Phi) is 3.85. The van der Waals surface area contributed by atoms with Crippen molar-refractivity contribution in [1.82, 2.24) is 9.97 Å². The van der Waals surface area contributed by atoms with E-state index in [-0.39, 0.29) is 6.04 Å². The average Bonchev–Trinajstić information content (AvgIpc) is 3.18. The van der Waals surface area contributed by atoms with Gasteiger partial charge >= 0.3 is 0 Å². The van der Waals surface area contributed by atoms with E-state index in [9.17, 15) is 8.42 Å². The van der Waals surface area contributed by atoms with E-state index in [0.717, 1.165) is 33.2 Å². The number of benzene rings is 1. The van der Waals surface area contributed by atoms with Gasteiger partial charge in [-0.3, -0.25) is 9.29 Å². The van der Waals surface area contributed by atoms with Crippen molar-refractivity contribution in [1.29, 1.82) is 0 Å². The second kappa shape index (κ2) is 5.93. The predicted octanol–water partition coefficient (Wildman–Crippen LogP) is 3.58. The smallest absolute Gasteiger partial charge is 0.232 e. The zero-order valence-electron chi connectivity index (χ0n) is 13.9. The minimum Gasteiger partial charge on any atom is -0.267 e. The number of sulfonamides is 1. The summed E-state index contributed by atoms with van der Waals surface area (Å²) in [6.45, 7) is 1.93. The summed E-state index contributed by atoms with van der Waals surface area (Å²) in [5.74, 6) is 0. The summed E-state index contributed by atoms with van der Waals surface area (Å²) < 4.78 is 25.6. The van der Waals surface area contributed by atoms with Crippen LogP contribution in [0.25, 0.3) is 22.0 Å². The van der Waals surface area contributed by atoms with Gasteiger partial charge in [0.15, 0.2) is 0 Å². The highest BCUT2D eigenvalue weighted by Gasteiger charge is 2.32. The van der Waals surface area contributed by atoms with E-state index in [2.05, 4.69) is 9.97 Å². The molecule has 0 N–H and O–H groups in total. The maximum atomic E-state index is 12.0. The molecule has 128 valence electrons. The molecule has 7 heteroatoms. The van der Waals surface area contributed by atoms with Gasteiger partial charge in [-0.2, -0.15) is 0 Å². The normalized spacial score (nSPS) is 16.9. The van der Waals surface area contributed by atoms with Gasteiger partial charge in [0.2, 0.25) is 10.0 Å². The van der Waals surface area contributed by atoms with Crippen molar-refractivity contribution in [2.75, 3.05) is 10.6 Å². The van der Waals surface area contributed by atoms with Crippen molar-refractivity contribution < 1.29 is 8.42 Å². The van der Waals surface area contributed by atoms with Crippen molar-refractivity contribution in [3.05, 3.63) is 53.5 Å². The van der Waals surface area contributed by atoms with Crippen LogP contribution in [0.5, 0.6) is 0 Å². The molecule has 0 aliphatic carbocycles. The Labute approximate surface area is 151 Å². The van der Waals surface area contributed by atoms with Crippen LogP contribution in [0.1, 0.15) is 12.5 Å². The molecule has 3 aromatic rings. The Morgan fingerprint density at radius 1 is 1.20 bits per heavy atom. The Hall–Kier alpha value is -2.25. The molecule has 1 aliphatic rings. The standard InChI is InChI=1S/C18H17N3O2S2/c1-12-9-14-10-13(6-7-17(14)21(12)25(2,22)23)16-11-24-18(20-16)15-5-3-4-8-19-15/h3-8,10-12H,9H2,1-2H3. The molecule has 0 bridgehead atoms. The van der Waals surface area contributed by atoms with Crippen LogP contribution in [0.15, 0.2) is 48.0 Å². The molecule has 0 spiro atoms. The maximum absolute atomic E-state index is 12.0. The molecule has 5 nitrogen and oxygen atoms in total. The fraction of sp³-hybridized carbons (Fsp3) is 0.222. The second-order valence-corrected chi connectivity index (χ2v) is 8.93. The van der Waals surface area contributed by atoms with E-state index in [1.165, 1.54) is 10.6 Å². The lowest BCUT2D eigenvalue weighted by Gasteiger charge is -2.21. The third kappa shape index (κ3) is 2.94. The molecule has 0 saturated carbocycles. The number of nitrogens with zero attached hydrogens (tertiary/aromatic N) is 3. The first kappa shape index (κ1) is 16.2. The molecule has 0 saturated heterocycles. The Morgan fingerprint density at radius 3 is 2.76 bits per heavy atom. The summed E-state index contributed by atoms with van der Waals surface area (Å²) >= 11 is 1.56. The number of hydrogen-bond donors (Lipinski definition) is 0. The van der Waals surface area contributed by atoms with Gasteiger partial charge in [-0.05, 0) is 43.2 Å². The molecule has 1 aromatic carbocycles. The first-order valence-corrected chi connectivity index (χ1v) is 10.7. The number of hydrogen-bond acceptors (Lipinski definition) is 5. The number of anilines is 1. The molecular formula is C18H17N3O2S2. The van der Waals surface area contributed by atoms with Gasteiger partial charge in [-0.1, -0.05) is 12.1 Å². The van der Waals surface area contributed by atoms with Crippen LogP contribution in [0.4, 0.5) is 5.69 Å². The number of rotatable bonds is 3. The molecule has 1 aliphatic heterocycles. The lowest BCUT2D eigenvalue weighted by atomic mass is 10.1. The van der Waals surface area contributed by atoms with Crippen LogP contribution >= 0.6 is 11.3 Å². The quantitative estimate of drug-likeness (QED) is 0.706. The van der Waals surface area contributed by atoms with E-state index < -0.39 is 10.0 Å². The number of thiazole rings is 1. The second-order valence-electron chi connectivity index (χ2n) is 6.21. The molecule has 0 amide bonds. The van der Waals surface area contributed by atoms with Crippen LogP contribution in [-0.2, 0) is 16.4 Å². The van der Waals surface area contributed by atoms with Crippen molar-refractivity contribution in [2.24, 2.45) is 0 Å². The summed E-state index contributed by atoms with van der Waals surface area (Å²) in [5, 5.41) is 2.89. The number of fused-ring (bicyclic) bond motifs is 1. The zero-order valence-corrected chi connectivity index (χ0v) is 15.5.